The lowest BCUT2D eigenvalue weighted by Crippen LogP contribution is -2.23. The lowest BCUT2D eigenvalue weighted by molar-refractivity contribution is -0.0498. The highest BCUT2D eigenvalue weighted by molar-refractivity contribution is 5.85. The zero-order valence-corrected chi connectivity index (χ0v) is 14.7. The molecule has 2 atom stereocenters. The molecule has 1 aliphatic heterocycles. The van der Waals surface area contributed by atoms with Crippen molar-refractivity contribution < 1.29 is 13.5 Å². The molecule has 0 bridgehead atoms. The largest absolute Gasteiger partial charge is 0.435 e. The van der Waals surface area contributed by atoms with Crippen LogP contribution in [0.5, 0.6) is 5.75 Å². The molecular formula is C19H23ClF2N2O. The zero-order chi connectivity index (χ0) is 16.9. The summed E-state index contributed by atoms with van der Waals surface area (Å²) in [6, 6.07) is 17.3. The Labute approximate surface area is 153 Å². The first-order valence-corrected chi connectivity index (χ1v) is 8.17. The number of hydrogen-bond acceptors (Lipinski definition) is 3. The van der Waals surface area contributed by atoms with Crippen LogP contribution in [0, 0.1) is 5.92 Å². The third-order valence-electron chi connectivity index (χ3n) is 4.60. The molecule has 0 spiro atoms. The van der Waals surface area contributed by atoms with Gasteiger partial charge in [-0.25, -0.2) is 0 Å². The highest BCUT2D eigenvalue weighted by Crippen LogP contribution is 2.32. The monoisotopic (exact) mass is 368 g/mol. The molecule has 1 saturated heterocycles. The van der Waals surface area contributed by atoms with Gasteiger partial charge in [0.25, 0.3) is 0 Å². The van der Waals surface area contributed by atoms with E-state index in [1.807, 2.05) is 18.2 Å². The molecule has 136 valence electrons. The van der Waals surface area contributed by atoms with Crippen LogP contribution >= 0.6 is 12.4 Å². The van der Waals surface area contributed by atoms with Gasteiger partial charge < -0.3 is 10.5 Å². The number of alkyl halides is 2. The van der Waals surface area contributed by atoms with Gasteiger partial charge in [0.05, 0.1) is 0 Å². The van der Waals surface area contributed by atoms with Crippen LogP contribution in [0.25, 0.3) is 0 Å². The first-order chi connectivity index (χ1) is 11.7. The van der Waals surface area contributed by atoms with Gasteiger partial charge in [-0.15, -0.1) is 12.4 Å². The van der Waals surface area contributed by atoms with E-state index in [-0.39, 0.29) is 18.2 Å². The van der Waals surface area contributed by atoms with Crippen LogP contribution in [0.2, 0.25) is 0 Å². The molecule has 1 fully saturated rings. The molecule has 1 aliphatic rings. The van der Waals surface area contributed by atoms with Crippen LogP contribution in [0.3, 0.4) is 0 Å². The summed E-state index contributed by atoms with van der Waals surface area (Å²) in [5.74, 6) is 1.07. The normalized spacial score (nSPS) is 20.5. The number of nitrogens with two attached hydrogens (primary N) is 1. The Bertz CT molecular complexity index is 640. The van der Waals surface area contributed by atoms with Gasteiger partial charge in [0.2, 0.25) is 0 Å². The Morgan fingerprint density at radius 1 is 1.04 bits per heavy atom. The van der Waals surface area contributed by atoms with Gasteiger partial charge in [-0.2, -0.15) is 8.78 Å². The second-order valence-corrected chi connectivity index (χ2v) is 6.23. The minimum Gasteiger partial charge on any atom is -0.435 e. The maximum atomic E-state index is 12.2. The van der Waals surface area contributed by atoms with Crippen molar-refractivity contribution in [3.63, 3.8) is 0 Å². The van der Waals surface area contributed by atoms with Gasteiger partial charge in [0.15, 0.2) is 0 Å². The molecule has 1 heterocycles. The molecule has 0 amide bonds. The van der Waals surface area contributed by atoms with Crippen molar-refractivity contribution in [3.05, 3.63) is 65.7 Å². The number of ether oxygens (including phenoxy) is 1. The average molecular weight is 369 g/mol. The SMILES string of the molecule is Cl.NC[C@@H]1CN(Cc2ccc(OC(F)F)cc2)C[C@H]1c1ccccc1. The van der Waals surface area contributed by atoms with E-state index in [1.54, 1.807) is 12.1 Å². The Kier molecular flexibility index (Phi) is 7.17. The van der Waals surface area contributed by atoms with E-state index in [4.69, 9.17) is 5.73 Å². The highest BCUT2D eigenvalue weighted by Gasteiger charge is 2.32. The van der Waals surface area contributed by atoms with Crippen LogP contribution < -0.4 is 10.5 Å². The maximum absolute atomic E-state index is 12.2. The molecule has 6 heteroatoms. The molecule has 0 unspecified atom stereocenters. The van der Waals surface area contributed by atoms with Gasteiger partial charge in [-0.3, -0.25) is 4.90 Å². The molecular weight excluding hydrogens is 346 g/mol. The van der Waals surface area contributed by atoms with E-state index >= 15 is 0 Å². The summed E-state index contributed by atoms with van der Waals surface area (Å²) < 4.78 is 28.8. The summed E-state index contributed by atoms with van der Waals surface area (Å²) in [4.78, 5) is 2.37. The van der Waals surface area contributed by atoms with E-state index in [9.17, 15) is 8.78 Å². The fraction of sp³-hybridized carbons (Fsp3) is 0.368. The van der Waals surface area contributed by atoms with Crippen LogP contribution in [0.1, 0.15) is 17.0 Å². The van der Waals surface area contributed by atoms with Crippen LogP contribution in [0.4, 0.5) is 8.78 Å². The summed E-state index contributed by atoms with van der Waals surface area (Å²) in [7, 11) is 0. The Balaban J connectivity index is 0.00000225. The van der Waals surface area contributed by atoms with Crippen molar-refractivity contribution in [2.24, 2.45) is 11.7 Å². The van der Waals surface area contributed by atoms with E-state index < -0.39 is 6.61 Å². The number of rotatable bonds is 6. The topological polar surface area (TPSA) is 38.5 Å². The lowest BCUT2D eigenvalue weighted by Gasteiger charge is -2.17. The maximum Gasteiger partial charge on any atom is 0.387 e. The van der Waals surface area contributed by atoms with Gasteiger partial charge in [-0.1, -0.05) is 42.5 Å². The fourth-order valence-corrected chi connectivity index (χ4v) is 3.44. The number of hydrogen-bond donors (Lipinski definition) is 1. The average Bonchev–Trinajstić information content (AvgIpc) is 3.00. The summed E-state index contributed by atoms with van der Waals surface area (Å²) in [5.41, 5.74) is 8.38. The predicted octanol–water partition coefficient (Wildman–Crippen LogP) is 3.88. The van der Waals surface area contributed by atoms with Crippen molar-refractivity contribution in [1.82, 2.24) is 4.90 Å². The standard InChI is InChI=1S/C19H22F2N2O.ClH/c20-19(21)24-17-8-6-14(7-9-17)11-23-12-16(10-22)18(13-23)15-4-2-1-3-5-15;/h1-9,16,18-19H,10-13,22H2;1H/t16-,18+;/m1./s1. The van der Waals surface area contributed by atoms with Crippen molar-refractivity contribution in [3.8, 4) is 5.75 Å². The van der Waals surface area contributed by atoms with Gasteiger partial charge >= 0.3 is 6.61 Å². The predicted molar refractivity (Wildman–Crippen MR) is 97.3 cm³/mol. The number of likely N-dealkylation sites (tertiary alicyclic amines) is 1. The van der Waals surface area contributed by atoms with Crippen LogP contribution in [-0.2, 0) is 6.54 Å². The molecule has 25 heavy (non-hydrogen) atoms. The van der Waals surface area contributed by atoms with Crippen molar-refractivity contribution >= 4 is 12.4 Å². The third-order valence-corrected chi connectivity index (χ3v) is 4.60. The molecule has 2 aromatic carbocycles. The third kappa shape index (κ3) is 5.14. The van der Waals surface area contributed by atoms with Gasteiger partial charge in [-0.05, 0) is 35.7 Å². The highest BCUT2D eigenvalue weighted by atomic mass is 35.5. The number of nitrogens with zero attached hydrogens (tertiary/aromatic N) is 1. The first-order valence-electron chi connectivity index (χ1n) is 8.17. The van der Waals surface area contributed by atoms with E-state index in [2.05, 4.69) is 33.9 Å². The second-order valence-electron chi connectivity index (χ2n) is 6.23. The van der Waals surface area contributed by atoms with Crippen LogP contribution in [0.15, 0.2) is 54.6 Å². The Morgan fingerprint density at radius 3 is 2.32 bits per heavy atom. The van der Waals surface area contributed by atoms with Gasteiger partial charge in [0, 0.05) is 25.6 Å². The molecule has 0 aromatic heterocycles. The smallest absolute Gasteiger partial charge is 0.387 e. The van der Waals surface area contributed by atoms with Crippen molar-refractivity contribution in [1.29, 1.82) is 0 Å². The first kappa shape index (κ1) is 19.6. The second kappa shape index (κ2) is 9.13. The quantitative estimate of drug-likeness (QED) is 0.840. The fourth-order valence-electron chi connectivity index (χ4n) is 3.44. The van der Waals surface area contributed by atoms with E-state index in [1.165, 1.54) is 5.56 Å². The molecule has 0 aliphatic carbocycles. The molecule has 0 saturated carbocycles. The van der Waals surface area contributed by atoms with Gasteiger partial charge in [0.1, 0.15) is 5.75 Å². The van der Waals surface area contributed by atoms with Crippen LogP contribution in [-0.4, -0.2) is 31.1 Å². The summed E-state index contributed by atoms with van der Waals surface area (Å²) in [6.07, 6.45) is 0. The minimum atomic E-state index is -2.79. The molecule has 0 radical (unpaired) electrons. The van der Waals surface area contributed by atoms with E-state index in [0.717, 1.165) is 25.2 Å². The number of halogens is 3. The zero-order valence-electron chi connectivity index (χ0n) is 13.9. The Morgan fingerprint density at radius 2 is 1.72 bits per heavy atom. The minimum absolute atomic E-state index is 0. The van der Waals surface area contributed by atoms with E-state index in [0.29, 0.717) is 18.4 Å². The number of benzene rings is 2. The molecule has 2 aromatic rings. The molecule has 3 rings (SSSR count). The molecule has 2 N–H and O–H groups in total. The lowest BCUT2D eigenvalue weighted by atomic mass is 9.89. The summed E-state index contributed by atoms with van der Waals surface area (Å²) in [6.45, 7) is 0.574. The Hall–Kier alpha value is -1.69. The van der Waals surface area contributed by atoms with Crippen molar-refractivity contribution in [2.75, 3.05) is 19.6 Å². The summed E-state index contributed by atoms with van der Waals surface area (Å²) >= 11 is 0. The molecule has 3 nitrogen and oxygen atoms in total. The van der Waals surface area contributed by atoms with Crippen molar-refractivity contribution in [2.45, 2.75) is 19.1 Å². The summed E-state index contributed by atoms with van der Waals surface area (Å²) in [5, 5.41) is 0.